The first-order chi connectivity index (χ1) is 13.3. The summed E-state index contributed by atoms with van der Waals surface area (Å²) in [6.45, 7) is 1.96. The van der Waals surface area contributed by atoms with Crippen molar-refractivity contribution in [2.75, 3.05) is 18.4 Å². The van der Waals surface area contributed by atoms with Crippen molar-refractivity contribution in [1.82, 2.24) is 25.1 Å². The minimum Gasteiger partial charge on any atom is -0.388 e. The maximum Gasteiger partial charge on any atom is 0.227 e. The predicted octanol–water partition coefficient (Wildman–Crippen LogP) is 2.24. The van der Waals surface area contributed by atoms with Gasteiger partial charge in [0.25, 0.3) is 0 Å². The van der Waals surface area contributed by atoms with Gasteiger partial charge in [0.2, 0.25) is 5.95 Å². The molecule has 1 aromatic carbocycles. The Bertz CT molecular complexity index is 1020. The number of rotatable bonds is 4. The Balaban J connectivity index is 1.65. The van der Waals surface area contributed by atoms with Gasteiger partial charge in [0.05, 0.1) is 22.9 Å². The first-order valence-corrected chi connectivity index (χ1v) is 9.56. The maximum absolute atomic E-state index is 9.67. The number of nitrogens with one attached hydrogen (secondary N) is 2. The highest BCUT2D eigenvalue weighted by Gasteiger charge is 2.22. The van der Waals surface area contributed by atoms with Crippen molar-refractivity contribution >= 4 is 61.4 Å². The van der Waals surface area contributed by atoms with Gasteiger partial charge in [-0.3, -0.25) is 0 Å². The van der Waals surface area contributed by atoms with Gasteiger partial charge in [0.1, 0.15) is 15.7 Å². The molecule has 28 heavy (non-hydrogen) atoms. The van der Waals surface area contributed by atoms with Crippen LogP contribution in [0.3, 0.4) is 0 Å². The van der Waals surface area contributed by atoms with Gasteiger partial charge >= 0.3 is 0 Å². The molecule has 4 radical (unpaired) electrons. The molecule has 2 aromatic heterocycles. The molecule has 1 fully saturated rings. The minimum absolute atomic E-state index is 0.0303. The Hall–Kier alpha value is -1.80. The molecule has 0 aliphatic carbocycles. The van der Waals surface area contributed by atoms with Crippen LogP contribution in [0, 0.1) is 0 Å². The molecule has 1 saturated heterocycles. The molecular weight excluding hydrogens is 397 g/mol. The highest BCUT2D eigenvalue weighted by atomic mass is 35.5. The van der Waals surface area contributed by atoms with Gasteiger partial charge in [-0.15, -0.1) is 0 Å². The normalized spacial score (nSPS) is 15.8. The molecule has 0 spiro atoms. The molecule has 0 bridgehead atoms. The smallest absolute Gasteiger partial charge is 0.227 e. The number of hydrogen-bond donors (Lipinski definition) is 3. The Morgan fingerprint density at radius 2 is 1.96 bits per heavy atom. The Labute approximate surface area is 174 Å². The SMILES string of the molecule is [B]C([B])(O)n1ncc(Nc2ncc3cc(Cl)c(C4CCNCC4)cc3n2)c1Cl. The van der Waals surface area contributed by atoms with Crippen LogP contribution in [0.1, 0.15) is 24.3 Å². The summed E-state index contributed by atoms with van der Waals surface area (Å²) in [5.74, 6) is 0.731. The van der Waals surface area contributed by atoms with Crippen molar-refractivity contribution in [1.29, 1.82) is 0 Å². The van der Waals surface area contributed by atoms with E-state index in [4.69, 9.17) is 38.9 Å². The van der Waals surface area contributed by atoms with Crippen LogP contribution < -0.4 is 10.6 Å². The molecule has 0 saturated carbocycles. The van der Waals surface area contributed by atoms with Crippen LogP contribution in [0.2, 0.25) is 10.2 Å². The van der Waals surface area contributed by atoms with Gasteiger partial charge in [0.15, 0.2) is 5.15 Å². The monoisotopic (exact) mass is 412 g/mol. The van der Waals surface area contributed by atoms with Crippen LogP contribution in [0.5, 0.6) is 0 Å². The summed E-state index contributed by atoms with van der Waals surface area (Å²) in [7, 11) is 10.8. The van der Waals surface area contributed by atoms with Gasteiger partial charge < -0.3 is 15.7 Å². The van der Waals surface area contributed by atoms with Crippen LogP contribution in [0.4, 0.5) is 11.6 Å². The quantitative estimate of drug-likeness (QED) is 0.570. The van der Waals surface area contributed by atoms with Crippen molar-refractivity contribution < 1.29 is 5.11 Å². The summed E-state index contributed by atoms with van der Waals surface area (Å²) in [6, 6.07) is 3.91. The Morgan fingerprint density at radius 1 is 1.21 bits per heavy atom. The van der Waals surface area contributed by atoms with E-state index in [1.807, 2.05) is 12.1 Å². The summed E-state index contributed by atoms with van der Waals surface area (Å²) in [5.41, 5.74) is 0.0281. The molecule has 11 heteroatoms. The zero-order chi connectivity index (χ0) is 19.9. The van der Waals surface area contributed by atoms with Gasteiger partial charge in [-0.2, -0.15) is 5.10 Å². The third-order valence-corrected chi connectivity index (χ3v) is 5.46. The van der Waals surface area contributed by atoms with E-state index in [-0.39, 0.29) is 5.15 Å². The molecule has 1 aliphatic rings. The fourth-order valence-corrected chi connectivity index (χ4v) is 3.96. The lowest BCUT2D eigenvalue weighted by atomic mass is 9.73. The average Bonchev–Trinajstić information content (AvgIpc) is 3.03. The van der Waals surface area contributed by atoms with E-state index in [1.54, 1.807) is 6.20 Å². The van der Waals surface area contributed by atoms with Crippen LogP contribution in [0.25, 0.3) is 10.9 Å². The largest absolute Gasteiger partial charge is 0.388 e. The van der Waals surface area contributed by atoms with E-state index >= 15 is 0 Å². The first kappa shape index (κ1) is 19.5. The van der Waals surface area contributed by atoms with Crippen LogP contribution in [-0.2, 0) is 5.52 Å². The van der Waals surface area contributed by atoms with Crippen molar-refractivity contribution in [2.24, 2.45) is 0 Å². The number of nitrogens with zero attached hydrogens (tertiary/aromatic N) is 4. The highest BCUT2D eigenvalue weighted by Crippen LogP contribution is 2.34. The molecular formula is C17H16B2Cl2N6O. The van der Waals surface area contributed by atoms with Crippen molar-refractivity contribution in [3.05, 3.63) is 40.3 Å². The van der Waals surface area contributed by atoms with E-state index in [1.165, 1.54) is 6.20 Å². The summed E-state index contributed by atoms with van der Waals surface area (Å²) >= 11 is 12.7. The minimum atomic E-state index is -2.21. The molecule has 0 unspecified atom stereocenters. The molecule has 4 rings (SSSR count). The Kier molecular flexibility index (Phi) is 5.26. The standard InChI is InChI=1S/C17H16B2Cl2N6O/c18-17(19,28)27-15(21)14(8-24-27)26-16-23-7-10-5-12(20)11(6-13(10)25-16)9-1-3-22-4-2-9/h5-9,22,28H,1-4H2,(H,23,25,26). The zero-order valence-electron chi connectivity index (χ0n) is 14.9. The molecule has 3 heterocycles. The van der Waals surface area contributed by atoms with Crippen molar-refractivity contribution in [3.8, 4) is 0 Å². The lowest BCUT2D eigenvalue weighted by molar-refractivity contribution is 0.127. The van der Waals surface area contributed by atoms with Crippen LogP contribution in [0.15, 0.2) is 24.5 Å². The van der Waals surface area contributed by atoms with Gasteiger partial charge in [0, 0.05) is 16.6 Å². The van der Waals surface area contributed by atoms with E-state index < -0.39 is 5.52 Å². The molecule has 0 amide bonds. The average molecular weight is 413 g/mol. The number of benzene rings is 1. The summed E-state index contributed by atoms with van der Waals surface area (Å²) < 4.78 is 0.882. The second-order valence-corrected chi connectivity index (χ2v) is 7.58. The number of halogens is 2. The van der Waals surface area contributed by atoms with E-state index in [2.05, 4.69) is 25.7 Å². The Morgan fingerprint density at radius 3 is 2.64 bits per heavy atom. The number of piperidine rings is 1. The predicted molar refractivity (Wildman–Crippen MR) is 112 cm³/mol. The van der Waals surface area contributed by atoms with E-state index in [0.717, 1.165) is 52.1 Å². The molecule has 140 valence electrons. The van der Waals surface area contributed by atoms with Gasteiger partial charge in [-0.05, 0) is 49.5 Å². The number of hydrogen-bond acceptors (Lipinski definition) is 6. The third kappa shape index (κ3) is 3.85. The van der Waals surface area contributed by atoms with Gasteiger partial charge in [-0.1, -0.05) is 23.2 Å². The highest BCUT2D eigenvalue weighted by molar-refractivity contribution is 6.38. The molecule has 3 aromatic rings. The fourth-order valence-electron chi connectivity index (χ4n) is 3.36. The lowest BCUT2D eigenvalue weighted by Gasteiger charge is -2.24. The zero-order valence-corrected chi connectivity index (χ0v) is 16.4. The first-order valence-electron chi connectivity index (χ1n) is 8.81. The fraction of sp³-hybridized carbons (Fsp3) is 0.353. The molecule has 0 atom stereocenters. The summed E-state index contributed by atoms with van der Waals surface area (Å²) in [6.07, 6.45) is 5.14. The molecule has 3 N–H and O–H groups in total. The number of fused-ring (bicyclic) bond motifs is 1. The second kappa shape index (κ2) is 7.55. The van der Waals surface area contributed by atoms with Gasteiger partial charge in [-0.25, -0.2) is 14.6 Å². The van der Waals surface area contributed by atoms with E-state index in [9.17, 15) is 5.11 Å². The van der Waals surface area contributed by atoms with Crippen molar-refractivity contribution in [3.63, 3.8) is 0 Å². The van der Waals surface area contributed by atoms with Crippen molar-refractivity contribution in [2.45, 2.75) is 24.3 Å². The molecule has 7 nitrogen and oxygen atoms in total. The third-order valence-electron chi connectivity index (χ3n) is 4.77. The topological polar surface area (TPSA) is 87.9 Å². The van der Waals surface area contributed by atoms with E-state index in [0.29, 0.717) is 17.6 Å². The number of anilines is 2. The summed E-state index contributed by atoms with van der Waals surface area (Å²) in [5, 5.41) is 21.5. The summed E-state index contributed by atoms with van der Waals surface area (Å²) in [4.78, 5) is 8.85. The number of aromatic nitrogens is 4. The van der Waals surface area contributed by atoms with Crippen LogP contribution in [-0.4, -0.2) is 53.6 Å². The van der Waals surface area contributed by atoms with Crippen LogP contribution >= 0.6 is 23.2 Å². The maximum atomic E-state index is 9.67. The molecule has 1 aliphatic heterocycles. The number of aliphatic hydroxyl groups is 1. The lowest BCUT2D eigenvalue weighted by Crippen LogP contribution is -2.35. The second-order valence-electron chi connectivity index (χ2n) is 6.82.